The lowest BCUT2D eigenvalue weighted by molar-refractivity contribution is 0.0143. The molecule has 0 atom stereocenters. The molecular weight excluding hydrogens is 192 g/mol. The monoisotopic (exact) mass is 210 g/mol. The van der Waals surface area contributed by atoms with Crippen molar-refractivity contribution >= 4 is 0 Å². The molecule has 0 aliphatic carbocycles. The molecule has 3 heteroatoms. The van der Waals surface area contributed by atoms with Crippen LogP contribution in [0, 0.1) is 0 Å². The highest BCUT2D eigenvalue weighted by Gasteiger charge is 1.95. The van der Waals surface area contributed by atoms with Crippen molar-refractivity contribution < 1.29 is 14.6 Å². The third kappa shape index (κ3) is 5.40. The molecule has 1 aromatic rings. The second-order valence-electron chi connectivity index (χ2n) is 3.64. The molecule has 3 nitrogen and oxygen atoms in total. The van der Waals surface area contributed by atoms with Crippen LogP contribution in [-0.2, 0) is 16.1 Å². The minimum absolute atomic E-state index is 0.252. The van der Waals surface area contributed by atoms with Gasteiger partial charge in [0, 0.05) is 0 Å². The molecule has 0 heterocycles. The quantitative estimate of drug-likeness (QED) is 0.732. The number of hydrogen-bond donors (Lipinski definition) is 1. The van der Waals surface area contributed by atoms with Gasteiger partial charge in [-0.15, -0.1) is 0 Å². The summed E-state index contributed by atoms with van der Waals surface area (Å²) < 4.78 is 10.7. The maximum Gasteiger partial charge on any atom is 0.115 e. The normalized spacial score (nSPS) is 10.9. The molecule has 1 aromatic carbocycles. The van der Waals surface area contributed by atoms with E-state index in [0.29, 0.717) is 19.8 Å². The highest BCUT2D eigenvalue weighted by atomic mass is 16.5. The van der Waals surface area contributed by atoms with Gasteiger partial charge in [0.2, 0.25) is 0 Å². The van der Waals surface area contributed by atoms with Gasteiger partial charge >= 0.3 is 0 Å². The summed E-state index contributed by atoms with van der Waals surface area (Å²) >= 11 is 0. The van der Waals surface area contributed by atoms with Crippen molar-refractivity contribution in [2.24, 2.45) is 0 Å². The van der Waals surface area contributed by atoms with Crippen molar-refractivity contribution in [3.05, 3.63) is 29.8 Å². The van der Waals surface area contributed by atoms with Gasteiger partial charge in [-0.2, -0.15) is 0 Å². The van der Waals surface area contributed by atoms with E-state index in [1.165, 1.54) is 0 Å². The van der Waals surface area contributed by atoms with E-state index in [9.17, 15) is 0 Å². The largest absolute Gasteiger partial charge is 0.508 e. The maximum absolute atomic E-state index is 9.07. The number of phenolic OH excluding ortho intramolecular Hbond substituents is 1. The van der Waals surface area contributed by atoms with E-state index < -0.39 is 0 Å². The first-order valence-corrected chi connectivity index (χ1v) is 5.15. The first-order valence-electron chi connectivity index (χ1n) is 5.15. The zero-order valence-electron chi connectivity index (χ0n) is 9.27. The molecular formula is C12H18O3. The Bertz CT molecular complexity index is 267. The number of rotatable bonds is 6. The van der Waals surface area contributed by atoms with Gasteiger partial charge in [0.15, 0.2) is 0 Å². The van der Waals surface area contributed by atoms with Crippen LogP contribution in [0.5, 0.6) is 5.75 Å². The Kier molecular flexibility index (Phi) is 5.15. The molecule has 1 rings (SSSR count). The number of hydrogen-bond acceptors (Lipinski definition) is 3. The van der Waals surface area contributed by atoms with Crippen LogP contribution in [-0.4, -0.2) is 24.4 Å². The maximum atomic E-state index is 9.07. The molecule has 0 aliphatic rings. The Morgan fingerprint density at radius 1 is 1.13 bits per heavy atom. The zero-order valence-corrected chi connectivity index (χ0v) is 9.27. The molecule has 0 bridgehead atoms. The molecule has 0 fully saturated rings. The minimum Gasteiger partial charge on any atom is -0.508 e. The molecule has 0 unspecified atom stereocenters. The third-order valence-corrected chi connectivity index (χ3v) is 1.88. The Balaban J connectivity index is 2.12. The van der Waals surface area contributed by atoms with Crippen molar-refractivity contribution in [1.29, 1.82) is 0 Å². The van der Waals surface area contributed by atoms with Crippen molar-refractivity contribution in [3.63, 3.8) is 0 Å². The molecule has 0 saturated carbocycles. The van der Waals surface area contributed by atoms with Crippen LogP contribution in [0.3, 0.4) is 0 Å². The first kappa shape index (κ1) is 12.0. The van der Waals surface area contributed by atoms with E-state index in [1.807, 2.05) is 26.0 Å². The number of ether oxygens (including phenoxy) is 2. The van der Waals surface area contributed by atoms with Gasteiger partial charge in [0.05, 0.1) is 25.9 Å². The van der Waals surface area contributed by atoms with Gasteiger partial charge in [-0.3, -0.25) is 0 Å². The Morgan fingerprint density at radius 2 is 1.80 bits per heavy atom. The van der Waals surface area contributed by atoms with Crippen molar-refractivity contribution in [1.82, 2.24) is 0 Å². The Morgan fingerprint density at radius 3 is 2.40 bits per heavy atom. The molecule has 1 N–H and O–H groups in total. The fourth-order valence-electron chi connectivity index (χ4n) is 1.12. The Labute approximate surface area is 90.6 Å². The summed E-state index contributed by atoms with van der Waals surface area (Å²) in [5.41, 5.74) is 1.05. The van der Waals surface area contributed by atoms with Gasteiger partial charge in [-0.05, 0) is 31.5 Å². The van der Waals surface area contributed by atoms with Gasteiger partial charge in [-0.25, -0.2) is 0 Å². The van der Waals surface area contributed by atoms with Gasteiger partial charge in [0.25, 0.3) is 0 Å². The lowest BCUT2D eigenvalue weighted by Gasteiger charge is -2.08. The van der Waals surface area contributed by atoms with Crippen LogP contribution in [0.4, 0.5) is 0 Å². The second-order valence-corrected chi connectivity index (χ2v) is 3.64. The highest BCUT2D eigenvalue weighted by Crippen LogP contribution is 2.10. The highest BCUT2D eigenvalue weighted by molar-refractivity contribution is 5.25. The summed E-state index contributed by atoms with van der Waals surface area (Å²) in [4.78, 5) is 0. The van der Waals surface area contributed by atoms with Gasteiger partial charge < -0.3 is 14.6 Å². The number of benzene rings is 1. The molecule has 0 spiro atoms. The van der Waals surface area contributed by atoms with E-state index in [1.54, 1.807) is 12.1 Å². The average molecular weight is 210 g/mol. The fraction of sp³-hybridized carbons (Fsp3) is 0.500. The summed E-state index contributed by atoms with van der Waals surface area (Å²) in [6.45, 7) is 5.77. The number of aromatic hydroxyl groups is 1. The fourth-order valence-corrected chi connectivity index (χ4v) is 1.12. The van der Waals surface area contributed by atoms with E-state index in [0.717, 1.165) is 5.56 Å². The summed E-state index contributed by atoms with van der Waals surface area (Å²) in [5, 5.41) is 9.07. The Hall–Kier alpha value is -1.06. The second kappa shape index (κ2) is 6.43. The third-order valence-electron chi connectivity index (χ3n) is 1.88. The SMILES string of the molecule is CC(C)OCCOCc1ccc(O)cc1. The van der Waals surface area contributed by atoms with Crippen molar-refractivity contribution in [3.8, 4) is 5.75 Å². The topological polar surface area (TPSA) is 38.7 Å². The first-order chi connectivity index (χ1) is 7.18. The molecule has 15 heavy (non-hydrogen) atoms. The van der Waals surface area contributed by atoms with Crippen LogP contribution >= 0.6 is 0 Å². The van der Waals surface area contributed by atoms with Crippen LogP contribution in [0.25, 0.3) is 0 Å². The van der Waals surface area contributed by atoms with Crippen LogP contribution in [0.15, 0.2) is 24.3 Å². The van der Waals surface area contributed by atoms with E-state index in [4.69, 9.17) is 14.6 Å². The molecule has 0 amide bonds. The van der Waals surface area contributed by atoms with Crippen LogP contribution in [0.1, 0.15) is 19.4 Å². The van der Waals surface area contributed by atoms with Crippen molar-refractivity contribution in [2.45, 2.75) is 26.6 Å². The minimum atomic E-state index is 0.252. The summed E-state index contributed by atoms with van der Waals surface area (Å²) in [6.07, 6.45) is 0.252. The predicted molar refractivity (Wildman–Crippen MR) is 58.9 cm³/mol. The van der Waals surface area contributed by atoms with E-state index in [-0.39, 0.29) is 11.9 Å². The number of phenols is 1. The van der Waals surface area contributed by atoms with Crippen LogP contribution in [0.2, 0.25) is 0 Å². The molecule has 0 aromatic heterocycles. The smallest absolute Gasteiger partial charge is 0.115 e. The lowest BCUT2D eigenvalue weighted by atomic mass is 10.2. The molecule has 0 radical (unpaired) electrons. The molecule has 0 saturated heterocycles. The molecule has 0 aliphatic heterocycles. The van der Waals surface area contributed by atoms with Crippen LogP contribution < -0.4 is 0 Å². The lowest BCUT2D eigenvalue weighted by Crippen LogP contribution is -2.09. The standard InChI is InChI=1S/C12H18O3/c1-10(2)15-8-7-14-9-11-3-5-12(13)6-4-11/h3-6,10,13H,7-9H2,1-2H3. The zero-order chi connectivity index (χ0) is 11.1. The molecule has 84 valence electrons. The summed E-state index contributed by atoms with van der Waals surface area (Å²) in [5.74, 6) is 0.280. The predicted octanol–water partition coefficient (Wildman–Crippen LogP) is 2.33. The van der Waals surface area contributed by atoms with Crippen molar-refractivity contribution in [2.75, 3.05) is 13.2 Å². The van der Waals surface area contributed by atoms with Gasteiger partial charge in [-0.1, -0.05) is 12.1 Å². The van der Waals surface area contributed by atoms with E-state index >= 15 is 0 Å². The summed E-state index contributed by atoms with van der Waals surface area (Å²) in [6, 6.07) is 7.00. The summed E-state index contributed by atoms with van der Waals surface area (Å²) in [7, 11) is 0. The average Bonchev–Trinajstić information content (AvgIpc) is 2.20. The van der Waals surface area contributed by atoms with Gasteiger partial charge in [0.1, 0.15) is 5.75 Å². The van der Waals surface area contributed by atoms with E-state index in [2.05, 4.69) is 0 Å².